The Balaban J connectivity index is 0.00000261. The van der Waals surface area contributed by atoms with Crippen LogP contribution in [0, 0.1) is 18.8 Å². The van der Waals surface area contributed by atoms with Gasteiger partial charge in [-0.2, -0.15) is 0 Å². The van der Waals surface area contributed by atoms with Crippen LogP contribution in [0.3, 0.4) is 0 Å². The topological polar surface area (TPSA) is 48.9 Å². The molecule has 2 fully saturated rings. The fourth-order valence-electron chi connectivity index (χ4n) is 3.29. The van der Waals surface area contributed by atoms with Crippen molar-refractivity contribution in [1.82, 2.24) is 15.5 Å². The molecule has 0 bridgehead atoms. The molecule has 0 saturated heterocycles. The van der Waals surface area contributed by atoms with Crippen molar-refractivity contribution in [3.63, 3.8) is 0 Å². The van der Waals surface area contributed by atoms with Crippen molar-refractivity contribution in [3.05, 3.63) is 29.3 Å². The van der Waals surface area contributed by atoms with E-state index in [-0.39, 0.29) is 24.0 Å². The van der Waals surface area contributed by atoms with Gasteiger partial charge in [0.1, 0.15) is 5.75 Å². The number of hydrogen-bond acceptors (Lipinski definition) is 3. The van der Waals surface area contributed by atoms with E-state index in [1.807, 2.05) is 7.05 Å². The quantitative estimate of drug-likeness (QED) is 0.319. The minimum Gasteiger partial charge on any atom is -0.493 e. The van der Waals surface area contributed by atoms with Gasteiger partial charge in [-0.3, -0.25) is 4.99 Å². The number of hydrogen-bond donors (Lipinski definition) is 2. The van der Waals surface area contributed by atoms with Gasteiger partial charge in [-0.05, 0) is 70.2 Å². The normalized spacial score (nSPS) is 18.0. The second kappa shape index (κ2) is 10.5. The van der Waals surface area contributed by atoms with Crippen molar-refractivity contribution in [3.8, 4) is 5.75 Å². The second-order valence-corrected chi connectivity index (χ2v) is 8.04. The summed E-state index contributed by atoms with van der Waals surface area (Å²) in [4.78, 5) is 6.70. The van der Waals surface area contributed by atoms with Gasteiger partial charge < -0.3 is 20.3 Å². The molecule has 1 unspecified atom stereocenters. The number of nitrogens with zero attached hydrogens (tertiary/aromatic N) is 2. The van der Waals surface area contributed by atoms with Crippen molar-refractivity contribution >= 4 is 29.9 Å². The van der Waals surface area contributed by atoms with E-state index in [0.29, 0.717) is 6.04 Å². The highest BCUT2D eigenvalue weighted by Crippen LogP contribution is 2.34. The zero-order chi connectivity index (χ0) is 18.5. The van der Waals surface area contributed by atoms with Crippen LogP contribution in [0.4, 0.5) is 0 Å². The van der Waals surface area contributed by atoms with Gasteiger partial charge in [0, 0.05) is 31.7 Å². The number of likely N-dealkylation sites (N-methyl/N-ethyl adjacent to an activating group) is 1. The summed E-state index contributed by atoms with van der Waals surface area (Å²) in [7, 11) is 6.16. The molecule has 3 rings (SSSR count). The van der Waals surface area contributed by atoms with Gasteiger partial charge in [-0.15, -0.1) is 24.0 Å². The van der Waals surface area contributed by atoms with Crippen LogP contribution in [0.15, 0.2) is 23.2 Å². The molecule has 1 aromatic rings. The minimum atomic E-state index is 0. The number of nitrogens with one attached hydrogen (secondary N) is 2. The third kappa shape index (κ3) is 7.14. The van der Waals surface area contributed by atoms with E-state index in [9.17, 15) is 0 Å². The molecule has 0 amide bonds. The zero-order valence-corrected chi connectivity index (χ0v) is 19.5. The molecule has 2 aliphatic carbocycles. The first-order chi connectivity index (χ1) is 12.6. The lowest BCUT2D eigenvalue weighted by molar-refractivity contribution is 0.264. The van der Waals surface area contributed by atoms with Crippen LogP contribution >= 0.6 is 24.0 Å². The molecule has 27 heavy (non-hydrogen) atoms. The van der Waals surface area contributed by atoms with Crippen molar-refractivity contribution in [2.75, 3.05) is 34.3 Å². The third-order valence-electron chi connectivity index (χ3n) is 5.37. The Bertz CT molecular complexity index is 625. The lowest BCUT2D eigenvalue weighted by atomic mass is 10.1. The molecule has 6 heteroatoms. The standard InChI is InChI=1S/C21H34N4O.HI/c1-15-5-8-18(20(11-15)26-14-16-6-7-16)12-23-21(22-2)24-13-19(25(3)4)17-9-10-17;/h5,8,11,16-17,19H,6-7,9-10,12-14H2,1-4H3,(H2,22,23,24);1H. The summed E-state index contributed by atoms with van der Waals surface area (Å²) in [6.07, 6.45) is 5.32. The van der Waals surface area contributed by atoms with Crippen LogP contribution in [0.2, 0.25) is 0 Å². The van der Waals surface area contributed by atoms with Gasteiger partial charge in [-0.25, -0.2) is 0 Å². The van der Waals surface area contributed by atoms with E-state index in [1.165, 1.54) is 36.8 Å². The zero-order valence-electron chi connectivity index (χ0n) is 17.1. The smallest absolute Gasteiger partial charge is 0.191 e. The average molecular weight is 486 g/mol. The van der Waals surface area contributed by atoms with E-state index < -0.39 is 0 Å². The molecule has 0 radical (unpaired) electrons. The third-order valence-corrected chi connectivity index (χ3v) is 5.37. The first-order valence-corrected chi connectivity index (χ1v) is 9.90. The summed E-state index contributed by atoms with van der Waals surface area (Å²) in [5, 5.41) is 6.93. The summed E-state index contributed by atoms with van der Waals surface area (Å²) < 4.78 is 6.07. The van der Waals surface area contributed by atoms with Crippen LogP contribution in [0.1, 0.15) is 36.8 Å². The second-order valence-electron chi connectivity index (χ2n) is 8.04. The molecule has 0 aromatic heterocycles. The van der Waals surface area contributed by atoms with Crippen LogP contribution in [-0.2, 0) is 6.54 Å². The van der Waals surface area contributed by atoms with E-state index in [1.54, 1.807) is 0 Å². The van der Waals surface area contributed by atoms with Gasteiger partial charge in [0.2, 0.25) is 0 Å². The molecule has 2 aliphatic rings. The van der Waals surface area contributed by atoms with E-state index in [2.05, 4.69) is 59.7 Å². The molecular formula is C21H35IN4O. The predicted molar refractivity (Wildman–Crippen MR) is 123 cm³/mol. The molecule has 152 valence electrons. The van der Waals surface area contributed by atoms with Gasteiger partial charge in [0.25, 0.3) is 0 Å². The van der Waals surface area contributed by atoms with Crippen molar-refractivity contribution in [2.45, 2.75) is 45.2 Å². The predicted octanol–water partition coefficient (Wildman–Crippen LogP) is 3.41. The first kappa shape index (κ1) is 22.3. The minimum absolute atomic E-state index is 0. The average Bonchev–Trinajstić information content (AvgIpc) is 3.51. The Morgan fingerprint density at radius 3 is 2.56 bits per heavy atom. The van der Waals surface area contributed by atoms with Crippen LogP contribution in [0.5, 0.6) is 5.75 Å². The maximum atomic E-state index is 6.07. The number of benzene rings is 1. The largest absolute Gasteiger partial charge is 0.493 e. The summed E-state index contributed by atoms with van der Waals surface area (Å²) in [5.41, 5.74) is 2.42. The monoisotopic (exact) mass is 486 g/mol. The Hall–Kier alpha value is -1.02. The maximum Gasteiger partial charge on any atom is 0.191 e. The van der Waals surface area contributed by atoms with Gasteiger partial charge in [0.05, 0.1) is 6.61 Å². The maximum absolute atomic E-state index is 6.07. The highest BCUT2D eigenvalue weighted by atomic mass is 127. The molecule has 1 atom stereocenters. The highest BCUT2D eigenvalue weighted by Gasteiger charge is 2.32. The molecule has 5 nitrogen and oxygen atoms in total. The fraction of sp³-hybridized carbons (Fsp3) is 0.667. The van der Waals surface area contributed by atoms with Crippen LogP contribution in [0.25, 0.3) is 0 Å². The first-order valence-electron chi connectivity index (χ1n) is 9.90. The molecule has 0 heterocycles. The highest BCUT2D eigenvalue weighted by molar-refractivity contribution is 14.0. The van der Waals surface area contributed by atoms with Crippen molar-refractivity contribution in [1.29, 1.82) is 0 Å². The Kier molecular flexibility index (Phi) is 8.66. The number of ether oxygens (including phenoxy) is 1. The lowest BCUT2D eigenvalue weighted by Crippen LogP contribution is -2.45. The molecule has 0 aliphatic heterocycles. The Morgan fingerprint density at radius 2 is 1.96 bits per heavy atom. The summed E-state index contributed by atoms with van der Waals surface area (Å²) >= 11 is 0. The summed E-state index contributed by atoms with van der Waals surface area (Å²) in [6.45, 7) is 4.60. The summed E-state index contributed by atoms with van der Waals surface area (Å²) in [6, 6.07) is 7.02. The molecular weight excluding hydrogens is 451 g/mol. The van der Waals surface area contributed by atoms with E-state index >= 15 is 0 Å². The molecule has 2 N–H and O–H groups in total. The number of guanidine groups is 1. The molecule has 1 aromatic carbocycles. The fourth-order valence-corrected chi connectivity index (χ4v) is 3.29. The summed E-state index contributed by atoms with van der Waals surface area (Å²) in [5.74, 6) is 3.45. The van der Waals surface area contributed by atoms with E-state index in [4.69, 9.17) is 4.74 Å². The Morgan fingerprint density at radius 1 is 1.22 bits per heavy atom. The molecule has 0 spiro atoms. The SMILES string of the molecule is CN=C(NCc1ccc(C)cc1OCC1CC1)NCC(C1CC1)N(C)C.I. The van der Waals surface area contributed by atoms with Gasteiger partial charge in [0.15, 0.2) is 5.96 Å². The van der Waals surface area contributed by atoms with Crippen LogP contribution in [-0.4, -0.2) is 51.2 Å². The van der Waals surface area contributed by atoms with Gasteiger partial charge >= 0.3 is 0 Å². The molecule has 2 saturated carbocycles. The number of rotatable bonds is 9. The van der Waals surface area contributed by atoms with Crippen molar-refractivity contribution < 1.29 is 4.74 Å². The lowest BCUT2D eigenvalue weighted by Gasteiger charge is -2.25. The van der Waals surface area contributed by atoms with Crippen molar-refractivity contribution in [2.24, 2.45) is 16.8 Å². The number of aryl methyl sites for hydroxylation is 1. The van der Waals surface area contributed by atoms with E-state index in [0.717, 1.165) is 43.2 Å². The van der Waals surface area contributed by atoms with Crippen LogP contribution < -0.4 is 15.4 Å². The number of aliphatic imine (C=N–C) groups is 1. The number of halogens is 1. The van der Waals surface area contributed by atoms with Gasteiger partial charge in [-0.1, -0.05) is 12.1 Å². The Labute approximate surface area is 181 Å².